The van der Waals surface area contributed by atoms with E-state index in [4.69, 9.17) is 14.6 Å². The number of hydrogen-bond donors (Lipinski definition) is 5. The van der Waals surface area contributed by atoms with Crippen LogP contribution in [0.2, 0.25) is 0 Å². The molecular weight excluding hydrogens is 372 g/mol. The highest BCUT2D eigenvalue weighted by molar-refractivity contribution is 5.70. The van der Waals surface area contributed by atoms with Gasteiger partial charge in [-0.15, -0.1) is 0 Å². The van der Waals surface area contributed by atoms with Gasteiger partial charge in [0.1, 0.15) is 30.5 Å². The molecule has 1 aliphatic heterocycles. The highest BCUT2D eigenvalue weighted by atomic mass is 16.7. The van der Waals surface area contributed by atoms with Crippen molar-refractivity contribution in [1.29, 1.82) is 0 Å². The molecule has 154 valence electrons. The molecule has 0 aromatic carbocycles. The standard InChI is InChI=1S/C19H24O9/c1-3-13(9-7-5-4-6-8-12(21)10-15(22)26-2)27-19-18(25)17(24)16(23)14(11-20)28-19/h3,6,8,12-14,16-21,23-25H,1,10-11H2,2H3/b8-6+/t12?,13-,14-,16-,17+,18-,19-/m1/s1. The molecule has 0 aliphatic carbocycles. The number of hydrogen-bond acceptors (Lipinski definition) is 9. The predicted octanol–water partition coefficient (Wildman–Crippen LogP) is -2.16. The van der Waals surface area contributed by atoms with E-state index < -0.39 is 55.5 Å². The molecule has 1 heterocycles. The van der Waals surface area contributed by atoms with Crippen LogP contribution < -0.4 is 0 Å². The third kappa shape index (κ3) is 7.43. The zero-order valence-electron chi connectivity index (χ0n) is 15.3. The smallest absolute Gasteiger partial charge is 0.308 e. The van der Waals surface area contributed by atoms with Gasteiger partial charge in [0.15, 0.2) is 6.29 Å². The van der Waals surface area contributed by atoms with Crippen molar-refractivity contribution in [2.75, 3.05) is 13.7 Å². The molecule has 1 aliphatic rings. The van der Waals surface area contributed by atoms with E-state index in [-0.39, 0.29) is 6.42 Å². The van der Waals surface area contributed by atoms with Crippen LogP contribution in [0, 0.1) is 23.7 Å². The van der Waals surface area contributed by atoms with Gasteiger partial charge >= 0.3 is 5.97 Å². The summed E-state index contributed by atoms with van der Waals surface area (Å²) in [6.07, 6.45) is -5.21. The summed E-state index contributed by atoms with van der Waals surface area (Å²) in [5, 5.41) is 48.0. The van der Waals surface area contributed by atoms with Gasteiger partial charge in [0, 0.05) is 0 Å². The molecule has 0 bridgehead atoms. The Bertz CT molecular complexity index is 664. The largest absolute Gasteiger partial charge is 0.469 e. The van der Waals surface area contributed by atoms with Gasteiger partial charge in [0.2, 0.25) is 0 Å². The van der Waals surface area contributed by atoms with Crippen LogP contribution in [-0.4, -0.2) is 88.1 Å². The molecule has 5 N–H and O–H groups in total. The zero-order valence-corrected chi connectivity index (χ0v) is 15.3. The Kier molecular flexibility index (Phi) is 10.5. The van der Waals surface area contributed by atoms with Crippen LogP contribution >= 0.6 is 0 Å². The lowest BCUT2D eigenvalue weighted by Gasteiger charge is -2.40. The van der Waals surface area contributed by atoms with E-state index in [2.05, 4.69) is 35.0 Å². The number of aliphatic hydroxyl groups excluding tert-OH is 5. The summed E-state index contributed by atoms with van der Waals surface area (Å²) in [5.74, 6) is 9.53. The first kappa shape index (κ1) is 23.8. The number of allylic oxidation sites excluding steroid dienone is 1. The van der Waals surface area contributed by atoms with Crippen molar-refractivity contribution in [3.8, 4) is 23.7 Å². The van der Waals surface area contributed by atoms with Crippen LogP contribution in [-0.2, 0) is 19.0 Å². The fourth-order valence-corrected chi connectivity index (χ4v) is 2.14. The van der Waals surface area contributed by atoms with Gasteiger partial charge in [-0.05, 0) is 24.0 Å². The monoisotopic (exact) mass is 396 g/mol. The van der Waals surface area contributed by atoms with Gasteiger partial charge in [-0.25, -0.2) is 0 Å². The lowest BCUT2D eigenvalue weighted by Crippen LogP contribution is -2.59. The quantitative estimate of drug-likeness (QED) is 0.185. The summed E-state index contributed by atoms with van der Waals surface area (Å²) >= 11 is 0. The minimum absolute atomic E-state index is 0.189. The van der Waals surface area contributed by atoms with Crippen molar-refractivity contribution in [3.63, 3.8) is 0 Å². The fourth-order valence-electron chi connectivity index (χ4n) is 2.14. The maximum absolute atomic E-state index is 11.0. The van der Waals surface area contributed by atoms with E-state index in [1.54, 1.807) is 0 Å². The molecule has 9 nitrogen and oxygen atoms in total. The molecular formula is C19H24O9. The Labute approximate surface area is 162 Å². The normalized spacial score (nSPS) is 29.0. The lowest BCUT2D eigenvalue weighted by atomic mass is 9.99. The average molecular weight is 396 g/mol. The van der Waals surface area contributed by atoms with Crippen molar-refractivity contribution in [2.24, 2.45) is 0 Å². The van der Waals surface area contributed by atoms with Crippen LogP contribution in [0.5, 0.6) is 0 Å². The number of carbonyl (C=O) groups excluding carboxylic acids is 1. The van der Waals surface area contributed by atoms with Crippen LogP contribution in [0.4, 0.5) is 0 Å². The van der Waals surface area contributed by atoms with Crippen molar-refractivity contribution < 1.29 is 44.5 Å². The van der Waals surface area contributed by atoms with Crippen LogP contribution in [0.1, 0.15) is 6.42 Å². The molecule has 0 aromatic rings. The van der Waals surface area contributed by atoms with E-state index >= 15 is 0 Å². The van der Waals surface area contributed by atoms with Crippen LogP contribution in [0.25, 0.3) is 0 Å². The number of ether oxygens (including phenoxy) is 3. The number of carbonyl (C=O) groups is 1. The fraction of sp³-hybridized carbons (Fsp3) is 0.526. The van der Waals surface area contributed by atoms with Crippen molar-refractivity contribution in [2.45, 2.75) is 49.3 Å². The highest BCUT2D eigenvalue weighted by Gasteiger charge is 2.44. The Hall–Kier alpha value is -2.21. The maximum atomic E-state index is 11.0. The highest BCUT2D eigenvalue weighted by Crippen LogP contribution is 2.22. The predicted molar refractivity (Wildman–Crippen MR) is 96.2 cm³/mol. The first-order valence-electron chi connectivity index (χ1n) is 8.35. The minimum Gasteiger partial charge on any atom is -0.469 e. The first-order chi connectivity index (χ1) is 13.3. The summed E-state index contributed by atoms with van der Waals surface area (Å²) < 4.78 is 15.0. The third-order valence-electron chi connectivity index (χ3n) is 3.70. The maximum Gasteiger partial charge on any atom is 0.308 e. The summed E-state index contributed by atoms with van der Waals surface area (Å²) in [7, 11) is 1.22. The summed E-state index contributed by atoms with van der Waals surface area (Å²) in [4.78, 5) is 11.0. The summed E-state index contributed by atoms with van der Waals surface area (Å²) in [6, 6.07) is 0. The van der Waals surface area contributed by atoms with E-state index in [0.717, 1.165) is 0 Å². The molecule has 9 heteroatoms. The third-order valence-corrected chi connectivity index (χ3v) is 3.70. The van der Waals surface area contributed by atoms with E-state index in [1.165, 1.54) is 25.3 Å². The Balaban J connectivity index is 2.62. The van der Waals surface area contributed by atoms with Crippen molar-refractivity contribution in [3.05, 3.63) is 24.8 Å². The SMILES string of the molecule is C=C[C@H](C#CC#C/C=C/C(O)CC(=O)OC)O[C@@H]1O[C@H](CO)[C@@H](O)[C@H](O)[C@H]1O. The molecule has 0 radical (unpaired) electrons. The van der Waals surface area contributed by atoms with Gasteiger partial charge < -0.3 is 39.7 Å². The van der Waals surface area contributed by atoms with Gasteiger partial charge in [0.05, 0.1) is 26.2 Å². The van der Waals surface area contributed by atoms with Crippen molar-refractivity contribution >= 4 is 5.97 Å². The van der Waals surface area contributed by atoms with Gasteiger partial charge in [-0.3, -0.25) is 4.79 Å². The Morgan fingerprint density at radius 3 is 2.57 bits per heavy atom. The van der Waals surface area contributed by atoms with Crippen LogP contribution in [0.3, 0.4) is 0 Å². The Morgan fingerprint density at radius 1 is 1.25 bits per heavy atom. The van der Waals surface area contributed by atoms with E-state index in [0.29, 0.717) is 0 Å². The van der Waals surface area contributed by atoms with E-state index in [1.807, 2.05) is 0 Å². The van der Waals surface area contributed by atoms with E-state index in [9.17, 15) is 25.2 Å². The molecule has 0 saturated carbocycles. The second-order valence-electron chi connectivity index (χ2n) is 5.74. The topological polar surface area (TPSA) is 146 Å². The molecule has 1 fully saturated rings. The second kappa shape index (κ2) is 12.3. The molecule has 7 atom stereocenters. The zero-order chi connectivity index (χ0) is 21.1. The minimum atomic E-state index is -1.56. The number of aliphatic hydroxyl groups is 5. The second-order valence-corrected chi connectivity index (χ2v) is 5.74. The van der Waals surface area contributed by atoms with Crippen LogP contribution in [0.15, 0.2) is 24.8 Å². The number of esters is 1. The molecule has 0 spiro atoms. The molecule has 1 unspecified atom stereocenters. The van der Waals surface area contributed by atoms with Crippen molar-refractivity contribution in [1.82, 2.24) is 0 Å². The molecule has 1 rings (SSSR count). The van der Waals surface area contributed by atoms with Gasteiger partial charge in [-0.2, -0.15) is 0 Å². The van der Waals surface area contributed by atoms with Gasteiger partial charge in [0.25, 0.3) is 0 Å². The van der Waals surface area contributed by atoms with Gasteiger partial charge in [-0.1, -0.05) is 24.5 Å². The molecule has 0 amide bonds. The molecule has 28 heavy (non-hydrogen) atoms. The summed E-state index contributed by atoms with van der Waals surface area (Å²) in [5.41, 5.74) is 0. The Morgan fingerprint density at radius 2 is 1.96 bits per heavy atom. The molecule has 0 aromatic heterocycles. The molecule has 1 saturated heterocycles. The summed E-state index contributed by atoms with van der Waals surface area (Å²) in [6.45, 7) is 2.96. The average Bonchev–Trinajstić information content (AvgIpc) is 2.69. The number of methoxy groups -OCH3 is 1. The lowest BCUT2D eigenvalue weighted by molar-refractivity contribution is -0.303. The number of rotatable bonds is 7. The first-order valence-corrected chi connectivity index (χ1v) is 8.35.